The van der Waals surface area contributed by atoms with E-state index >= 15 is 0 Å². The second kappa shape index (κ2) is 7.30. The number of hydrogen-bond acceptors (Lipinski definition) is 4. The third-order valence-corrected chi connectivity index (χ3v) is 5.05. The predicted octanol–water partition coefficient (Wildman–Crippen LogP) is 2.88. The molecular weight excluding hydrogens is 322 g/mol. The van der Waals surface area contributed by atoms with Crippen molar-refractivity contribution in [3.8, 4) is 11.3 Å². The van der Waals surface area contributed by atoms with Crippen molar-refractivity contribution in [1.82, 2.24) is 20.1 Å². The number of nitrogens with one attached hydrogen (secondary N) is 1. The van der Waals surface area contributed by atoms with Crippen LogP contribution in [-0.4, -0.2) is 34.9 Å². The van der Waals surface area contributed by atoms with Crippen LogP contribution >= 0.6 is 0 Å². The van der Waals surface area contributed by atoms with Crippen LogP contribution < -0.4 is 10.2 Å². The summed E-state index contributed by atoms with van der Waals surface area (Å²) in [6.07, 6.45) is 6.87. The predicted molar refractivity (Wildman–Crippen MR) is 105 cm³/mol. The van der Waals surface area contributed by atoms with Gasteiger partial charge in [0.2, 0.25) is 0 Å². The normalized spacial score (nSPS) is 16.5. The summed E-state index contributed by atoms with van der Waals surface area (Å²) < 4.78 is 1.89. The molecule has 3 heterocycles. The van der Waals surface area contributed by atoms with Crippen molar-refractivity contribution < 1.29 is 0 Å². The number of nitrogens with zero attached hydrogens (tertiary/aromatic N) is 4. The molecule has 4 rings (SSSR count). The lowest BCUT2D eigenvalue weighted by Gasteiger charge is -2.33. The third-order valence-electron chi connectivity index (χ3n) is 5.05. The van der Waals surface area contributed by atoms with Gasteiger partial charge in [0, 0.05) is 69.1 Å². The Kier molecular flexibility index (Phi) is 4.71. The minimum atomic E-state index is 0.621. The SMILES string of the molecule is CN1C[C@H](CNCc2cn(C)nc2-c2ccncc2)Cc2ccccc21. The van der Waals surface area contributed by atoms with E-state index in [1.807, 2.05) is 36.3 Å². The smallest absolute Gasteiger partial charge is 0.0969 e. The minimum absolute atomic E-state index is 0.621. The molecule has 0 aliphatic carbocycles. The summed E-state index contributed by atoms with van der Waals surface area (Å²) in [5, 5.41) is 8.28. The first kappa shape index (κ1) is 16.8. The van der Waals surface area contributed by atoms with Gasteiger partial charge in [-0.3, -0.25) is 9.67 Å². The molecule has 0 radical (unpaired) electrons. The zero-order chi connectivity index (χ0) is 17.9. The first-order valence-corrected chi connectivity index (χ1v) is 9.13. The van der Waals surface area contributed by atoms with Crippen LogP contribution in [0.3, 0.4) is 0 Å². The molecule has 134 valence electrons. The first-order valence-electron chi connectivity index (χ1n) is 9.13. The van der Waals surface area contributed by atoms with Crippen LogP contribution in [0.5, 0.6) is 0 Å². The van der Waals surface area contributed by atoms with E-state index in [0.29, 0.717) is 5.92 Å². The van der Waals surface area contributed by atoms with Crippen LogP contribution in [0.4, 0.5) is 5.69 Å². The lowest BCUT2D eigenvalue weighted by atomic mass is 9.93. The van der Waals surface area contributed by atoms with Gasteiger partial charge in [0.15, 0.2) is 0 Å². The highest BCUT2D eigenvalue weighted by molar-refractivity contribution is 5.62. The average molecular weight is 347 g/mol. The zero-order valence-corrected chi connectivity index (χ0v) is 15.4. The van der Waals surface area contributed by atoms with Gasteiger partial charge in [-0.05, 0) is 36.1 Å². The molecule has 5 nitrogen and oxygen atoms in total. The number of aryl methyl sites for hydroxylation is 1. The molecule has 26 heavy (non-hydrogen) atoms. The maximum absolute atomic E-state index is 4.63. The highest BCUT2D eigenvalue weighted by Gasteiger charge is 2.21. The number of anilines is 1. The Bertz CT molecular complexity index is 871. The van der Waals surface area contributed by atoms with Crippen molar-refractivity contribution in [2.24, 2.45) is 13.0 Å². The lowest BCUT2D eigenvalue weighted by Crippen LogP contribution is -2.37. The highest BCUT2D eigenvalue weighted by atomic mass is 15.3. The molecule has 0 spiro atoms. The molecule has 0 saturated heterocycles. The Hall–Kier alpha value is -2.66. The van der Waals surface area contributed by atoms with Crippen molar-refractivity contribution in [1.29, 1.82) is 0 Å². The fraction of sp³-hybridized carbons (Fsp3) is 0.333. The molecule has 0 saturated carbocycles. The number of benzene rings is 1. The summed E-state index contributed by atoms with van der Waals surface area (Å²) in [5.74, 6) is 0.621. The van der Waals surface area contributed by atoms with E-state index in [-0.39, 0.29) is 0 Å². The summed E-state index contributed by atoms with van der Waals surface area (Å²) in [4.78, 5) is 6.47. The number of rotatable bonds is 5. The standard InChI is InChI=1S/C21H25N5/c1-25-14-16(11-18-5-3-4-6-20(18)25)12-23-13-19-15-26(2)24-21(19)17-7-9-22-10-8-17/h3-10,15-16,23H,11-14H2,1-2H3/t16-/m0/s1. The monoisotopic (exact) mass is 347 g/mol. The van der Waals surface area contributed by atoms with Gasteiger partial charge in [0.05, 0.1) is 5.69 Å². The summed E-state index contributed by atoms with van der Waals surface area (Å²) in [7, 11) is 4.16. The van der Waals surface area contributed by atoms with Crippen molar-refractivity contribution >= 4 is 5.69 Å². The number of aromatic nitrogens is 3. The fourth-order valence-electron chi connectivity index (χ4n) is 3.88. The Morgan fingerprint density at radius 3 is 2.77 bits per heavy atom. The Morgan fingerprint density at radius 2 is 1.92 bits per heavy atom. The molecule has 2 aromatic heterocycles. The van der Waals surface area contributed by atoms with Gasteiger partial charge in [-0.1, -0.05) is 18.2 Å². The second-order valence-corrected chi connectivity index (χ2v) is 7.12. The van der Waals surface area contributed by atoms with Crippen LogP contribution in [0.15, 0.2) is 55.0 Å². The van der Waals surface area contributed by atoms with Crippen LogP contribution in [-0.2, 0) is 20.0 Å². The van der Waals surface area contributed by atoms with Crippen molar-refractivity contribution in [3.05, 3.63) is 66.1 Å². The minimum Gasteiger partial charge on any atom is -0.374 e. The van der Waals surface area contributed by atoms with Gasteiger partial charge in [-0.15, -0.1) is 0 Å². The summed E-state index contributed by atoms with van der Waals surface area (Å²) >= 11 is 0. The molecule has 1 atom stereocenters. The van der Waals surface area contributed by atoms with Crippen LogP contribution in [0.25, 0.3) is 11.3 Å². The topological polar surface area (TPSA) is 46.0 Å². The van der Waals surface area contributed by atoms with Gasteiger partial charge in [0.25, 0.3) is 0 Å². The van der Waals surface area contributed by atoms with Gasteiger partial charge in [-0.25, -0.2) is 0 Å². The molecule has 3 aromatic rings. The molecular formula is C21H25N5. The van der Waals surface area contributed by atoms with Crippen molar-refractivity contribution in [2.45, 2.75) is 13.0 Å². The zero-order valence-electron chi connectivity index (χ0n) is 15.4. The van der Waals surface area contributed by atoms with E-state index in [1.54, 1.807) is 0 Å². The molecule has 1 N–H and O–H groups in total. The number of pyridine rings is 1. The van der Waals surface area contributed by atoms with Crippen LogP contribution in [0.2, 0.25) is 0 Å². The van der Waals surface area contributed by atoms with Gasteiger partial charge in [0.1, 0.15) is 0 Å². The van der Waals surface area contributed by atoms with E-state index in [1.165, 1.54) is 16.8 Å². The highest BCUT2D eigenvalue weighted by Crippen LogP contribution is 2.28. The van der Waals surface area contributed by atoms with E-state index in [4.69, 9.17) is 0 Å². The summed E-state index contributed by atoms with van der Waals surface area (Å²) in [6, 6.07) is 12.8. The van der Waals surface area contributed by atoms with Crippen LogP contribution in [0, 0.1) is 5.92 Å². The fourth-order valence-corrected chi connectivity index (χ4v) is 3.88. The second-order valence-electron chi connectivity index (χ2n) is 7.12. The summed E-state index contributed by atoms with van der Waals surface area (Å²) in [6.45, 7) is 2.92. The quantitative estimate of drug-likeness (QED) is 0.771. The third kappa shape index (κ3) is 3.48. The first-order chi connectivity index (χ1) is 12.7. The van der Waals surface area contributed by atoms with Gasteiger partial charge >= 0.3 is 0 Å². The van der Waals surface area contributed by atoms with Crippen LogP contribution in [0.1, 0.15) is 11.1 Å². The van der Waals surface area contributed by atoms with E-state index < -0.39 is 0 Å². The Balaban J connectivity index is 1.40. The molecule has 1 aromatic carbocycles. The number of para-hydroxylation sites is 1. The summed E-state index contributed by atoms with van der Waals surface area (Å²) in [5.41, 5.74) is 6.20. The molecule has 0 bridgehead atoms. The van der Waals surface area contributed by atoms with E-state index in [9.17, 15) is 0 Å². The molecule has 1 aliphatic rings. The Morgan fingerprint density at radius 1 is 1.12 bits per heavy atom. The Labute approximate surface area is 154 Å². The molecule has 0 fully saturated rings. The van der Waals surface area contributed by atoms with E-state index in [0.717, 1.165) is 37.3 Å². The van der Waals surface area contributed by atoms with Gasteiger partial charge < -0.3 is 10.2 Å². The average Bonchev–Trinajstić information content (AvgIpc) is 3.03. The maximum atomic E-state index is 4.63. The van der Waals surface area contributed by atoms with Crippen molar-refractivity contribution in [3.63, 3.8) is 0 Å². The van der Waals surface area contributed by atoms with E-state index in [2.05, 4.69) is 57.8 Å². The molecule has 1 aliphatic heterocycles. The molecule has 0 unspecified atom stereocenters. The largest absolute Gasteiger partial charge is 0.374 e. The maximum Gasteiger partial charge on any atom is 0.0969 e. The lowest BCUT2D eigenvalue weighted by molar-refractivity contribution is 0.460. The van der Waals surface area contributed by atoms with Gasteiger partial charge in [-0.2, -0.15) is 5.10 Å². The molecule has 0 amide bonds. The number of hydrogen-bond donors (Lipinski definition) is 1. The molecule has 5 heteroatoms. The van der Waals surface area contributed by atoms with Crippen molar-refractivity contribution in [2.75, 3.05) is 25.0 Å². The number of fused-ring (bicyclic) bond motifs is 1.